The van der Waals surface area contributed by atoms with Crippen molar-refractivity contribution < 1.29 is 4.79 Å². The van der Waals surface area contributed by atoms with Crippen molar-refractivity contribution in [3.8, 4) is 0 Å². The maximum Gasteiger partial charge on any atom is 0.234 e. The lowest BCUT2D eigenvalue weighted by atomic mass is 9.91. The van der Waals surface area contributed by atoms with E-state index in [1.165, 1.54) is 57.7 Å². The summed E-state index contributed by atoms with van der Waals surface area (Å²) in [6.45, 7) is 6.68. The van der Waals surface area contributed by atoms with Crippen LogP contribution >= 0.6 is 11.3 Å². The summed E-state index contributed by atoms with van der Waals surface area (Å²) < 4.78 is 0. The predicted octanol–water partition coefficient (Wildman–Crippen LogP) is 5.57. The SMILES string of the molecule is CCc1c(C)sc2c1CCN(CC(=O)NCCC1=CCCCC1)C2c1ccccc1. The quantitative estimate of drug-likeness (QED) is 0.591. The zero-order chi connectivity index (χ0) is 20.9. The summed E-state index contributed by atoms with van der Waals surface area (Å²) in [5, 5.41) is 3.18. The zero-order valence-electron chi connectivity index (χ0n) is 18.4. The summed E-state index contributed by atoms with van der Waals surface area (Å²) >= 11 is 1.93. The van der Waals surface area contributed by atoms with E-state index in [1.54, 1.807) is 0 Å². The van der Waals surface area contributed by atoms with Crippen LogP contribution in [0.2, 0.25) is 0 Å². The smallest absolute Gasteiger partial charge is 0.234 e. The highest BCUT2D eigenvalue weighted by Gasteiger charge is 2.33. The molecule has 1 unspecified atom stereocenters. The average molecular weight is 423 g/mol. The van der Waals surface area contributed by atoms with E-state index in [9.17, 15) is 4.79 Å². The Kier molecular flexibility index (Phi) is 7.06. The summed E-state index contributed by atoms with van der Waals surface area (Å²) in [7, 11) is 0. The van der Waals surface area contributed by atoms with Crippen molar-refractivity contribution in [1.29, 1.82) is 0 Å². The van der Waals surface area contributed by atoms with Crippen molar-refractivity contribution >= 4 is 17.2 Å². The minimum atomic E-state index is 0.153. The van der Waals surface area contributed by atoms with E-state index in [0.29, 0.717) is 6.54 Å². The largest absolute Gasteiger partial charge is 0.355 e. The molecule has 0 saturated carbocycles. The number of hydrogen-bond acceptors (Lipinski definition) is 3. The second-order valence-corrected chi connectivity index (χ2v) is 9.83. The first kappa shape index (κ1) is 21.3. The van der Waals surface area contributed by atoms with Gasteiger partial charge in [-0.2, -0.15) is 0 Å². The van der Waals surface area contributed by atoms with E-state index in [2.05, 4.69) is 60.5 Å². The van der Waals surface area contributed by atoms with Crippen LogP contribution in [0.3, 0.4) is 0 Å². The molecule has 2 aromatic rings. The molecule has 1 atom stereocenters. The summed E-state index contributed by atoms with van der Waals surface area (Å²) in [4.78, 5) is 18.1. The lowest BCUT2D eigenvalue weighted by Crippen LogP contribution is -2.43. The molecular formula is C26H34N2OS. The molecule has 4 heteroatoms. The molecule has 3 nitrogen and oxygen atoms in total. The highest BCUT2D eigenvalue weighted by Crippen LogP contribution is 2.42. The van der Waals surface area contributed by atoms with Gasteiger partial charge >= 0.3 is 0 Å². The highest BCUT2D eigenvalue weighted by molar-refractivity contribution is 7.12. The van der Waals surface area contributed by atoms with Crippen molar-refractivity contribution in [2.24, 2.45) is 0 Å². The first-order valence-electron chi connectivity index (χ1n) is 11.5. The summed E-state index contributed by atoms with van der Waals surface area (Å²) in [6, 6.07) is 10.9. The van der Waals surface area contributed by atoms with Gasteiger partial charge in [0, 0.05) is 22.8 Å². The van der Waals surface area contributed by atoms with Gasteiger partial charge in [-0.25, -0.2) is 0 Å². The molecule has 1 aromatic heterocycles. The van der Waals surface area contributed by atoms with Gasteiger partial charge in [0.05, 0.1) is 12.6 Å². The van der Waals surface area contributed by atoms with Crippen LogP contribution in [0.5, 0.6) is 0 Å². The van der Waals surface area contributed by atoms with Gasteiger partial charge in [0.25, 0.3) is 0 Å². The number of nitrogens with one attached hydrogen (secondary N) is 1. The summed E-state index contributed by atoms with van der Waals surface area (Å²) in [6.07, 6.45) is 10.5. The third-order valence-corrected chi connectivity index (χ3v) is 7.82. The molecule has 2 heterocycles. The maximum absolute atomic E-state index is 12.8. The number of amides is 1. The molecule has 0 fully saturated rings. The molecule has 2 aliphatic rings. The van der Waals surface area contributed by atoms with Crippen LogP contribution in [-0.2, 0) is 17.6 Å². The molecule has 1 aromatic carbocycles. The zero-order valence-corrected chi connectivity index (χ0v) is 19.2. The van der Waals surface area contributed by atoms with Crippen molar-refractivity contribution in [3.63, 3.8) is 0 Å². The average Bonchev–Trinajstić information content (AvgIpc) is 3.09. The van der Waals surface area contributed by atoms with Crippen LogP contribution in [0.25, 0.3) is 0 Å². The number of hydrogen-bond donors (Lipinski definition) is 1. The molecule has 1 N–H and O–H groups in total. The van der Waals surface area contributed by atoms with Gasteiger partial charge in [0.15, 0.2) is 0 Å². The molecular weight excluding hydrogens is 388 g/mol. The van der Waals surface area contributed by atoms with E-state index >= 15 is 0 Å². The fourth-order valence-corrected chi connectivity index (χ4v) is 6.53. The van der Waals surface area contributed by atoms with Gasteiger partial charge < -0.3 is 5.32 Å². The number of aryl methyl sites for hydroxylation is 1. The van der Waals surface area contributed by atoms with Gasteiger partial charge in [-0.3, -0.25) is 9.69 Å². The first-order valence-corrected chi connectivity index (χ1v) is 12.3. The normalized spacial score (nSPS) is 19.3. The number of benzene rings is 1. The van der Waals surface area contributed by atoms with Crippen molar-refractivity contribution in [2.45, 2.75) is 64.8 Å². The Morgan fingerprint density at radius 2 is 2.03 bits per heavy atom. The van der Waals surface area contributed by atoms with Gasteiger partial charge in [0.1, 0.15) is 0 Å². The van der Waals surface area contributed by atoms with Crippen molar-refractivity contribution in [2.75, 3.05) is 19.6 Å². The third kappa shape index (κ3) is 4.70. The molecule has 160 valence electrons. The van der Waals surface area contributed by atoms with Crippen LogP contribution in [0.15, 0.2) is 42.0 Å². The molecule has 4 rings (SSSR count). The number of fused-ring (bicyclic) bond motifs is 1. The Bertz CT molecular complexity index is 899. The van der Waals surface area contributed by atoms with E-state index < -0.39 is 0 Å². The fraction of sp³-hybridized carbons (Fsp3) is 0.500. The lowest BCUT2D eigenvalue weighted by molar-refractivity contribution is -0.122. The molecule has 0 spiro atoms. The second-order valence-electron chi connectivity index (χ2n) is 8.57. The lowest BCUT2D eigenvalue weighted by Gasteiger charge is -2.36. The Morgan fingerprint density at radius 3 is 2.77 bits per heavy atom. The predicted molar refractivity (Wildman–Crippen MR) is 126 cm³/mol. The minimum absolute atomic E-state index is 0.153. The van der Waals surface area contributed by atoms with Crippen molar-refractivity contribution in [3.05, 3.63) is 68.4 Å². The van der Waals surface area contributed by atoms with Crippen LogP contribution in [0, 0.1) is 6.92 Å². The molecule has 1 amide bonds. The van der Waals surface area contributed by atoms with E-state index in [0.717, 1.165) is 32.4 Å². The van der Waals surface area contributed by atoms with E-state index in [4.69, 9.17) is 0 Å². The fourth-order valence-electron chi connectivity index (χ4n) is 5.06. The summed E-state index contributed by atoms with van der Waals surface area (Å²) in [5.74, 6) is 0.153. The highest BCUT2D eigenvalue weighted by atomic mass is 32.1. The molecule has 1 aliphatic heterocycles. The molecule has 0 saturated heterocycles. The standard InChI is InChI=1S/C26H34N2OS/c1-3-22-19(2)30-26-23(22)15-17-28(25(26)21-12-8-5-9-13-21)18-24(29)27-16-14-20-10-6-4-7-11-20/h5,8-10,12-13,25H,3-4,6-7,11,14-18H2,1-2H3,(H,27,29). The van der Waals surface area contributed by atoms with Gasteiger partial charge in [-0.1, -0.05) is 48.9 Å². The molecule has 0 radical (unpaired) electrons. The second kappa shape index (κ2) is 9.93. The van der Waals surface area contributed by atoms with Crippen LogP contribution < -0.4 is 5.32 Å². The topological polar surface area (TPSA) is 32.3 Å². The van der Waals surface area contributed by atoms with Gasteiger partial charge in [0.2, 0.25) is 5.91 Å². The van der Waals surface area contributed by atoms with E-state index in [1.807, 2.05) is 11.3 Å². The van der Waals surface area contributed by atoms with Gasteiger partial charge in [-0.05, 0) is 68.6 Å². The number of thiophene rings is 1. The van der Waals surface area contributed by atoms with E-state index in [-0.39, 0.29) is 11.9 Å². The van der Waals surface area contributed by atoms with Crippen LogP contribution in [0.4, 0.5) is 0 Å². The molecule has 1 aliphatic carbocycles. The van der Waals surface area contributed by atoms with Crippen molar-refractivity contribution in [1.82, 2.24) is 10.2 Å². The number of carbonyl (C=O) groups is 1. The van der Waals surface area contributed by atoms with Gasteiger partial charge in [-0.15, -0.1) is 11.3 Å². The molecule has 0 bridgehead atoms. The maximum atomic E-state index is 12.8. The Morgan fingerprint density at radius 1 is 1.20 bits per heavy atom. The first-order chi connectivity index (χ1) is 14.7. The van der Waals surface area contributed by atoms with Crippen LogP contribution in [0.1, 0.15) is 71.5 Å². The Balaban J connectivity index is 1.47. The third-order valence-electron chi connectivity index (χ3n) is 6.58. The Hall–Kier alpha value is -1.91. The monoisotopic (exact) mass is 422 g/mol. The molecule has 30 heavy (non-hydrogen) atoms. The minimum Gasteiger partial charge on any atom is -0.355 e. The number of allylic oxidation sites excluding steroid dienone is 1. The number of rotatable bonds is 7. The Labute approximate surface area is 185 Å². The van der Waals surface area contributed by atoms with Crippen LogP contribution in [-0.4, -0.2) is 30.4 Å². The number of carbonyl (C=O) groups excluding carboxylic acids is 1. The summed E-state index contributed by atoms with van der Waals surface area (Å²) in [5.41, 5.74) is 5.88. The number of nitrogens with zero attached hydrogens (tertiary/aromatic N) is 1.